The average molecular weight is 305 g/mol. The third-order valence-electron chi connectivity index (χ3n) is 4.33. The molecule has 1 heterocycles. The summed E-state index contributed by atoms with van der Waals surface area (Å²) in [6.07, 6.45) is 0. The van der Waals surface area contributed by atoms with Gasteiger partial charge in [-0.25, -0.2) is 8.42 Å². The van der Waals surface area contributed by atoms with Crippen LogP contribution < -0.4 is 0 Å². The smallest absolute Gasteiger partial charge is 0.243 e. The lowest BCUT2D eigenvalue weighted by molar-refractivity contribution is -0.0932. The van der Waals surface area contributed by atoms with Crippen molar-refractivity contribution in [2.75, 3.05) is 13.1 Å². The molecule has 0 spiro atoms. The lowest BCUT2D eigenvalue weighted by Gasteiger charge is -2.47. The summed E-state index contributed by atoms with van der Waals surface area (Å²) in [6, 6.07) is 12.8. The molecule has 5 heteroatoms. The summed E-state index contributed by atoms with van der Waals surface area (Å²) in [7, 11) is -3.52. The number of hydrogen-bond donors (Lipinski definition) is 1. The van der Waals surface area contributed by atoms with E-state index in [1.165, 1.54) is 4.31 Å². The molecule has 0 radical (unpaired) electrons. The van der Waals surface area contributed by atoms with Gasteiger partial charge in [-0.15, -0.1) is 0 Å². The number of rotatable bonds is 3. The van der Waals surface area contributed by atoms with Gasteiger partial charge in [0.25, 0.3) is 0 Å². The minimum absolute atomic E-state index is 0.0422. The Morgan fingerprint density at radius 3 is 2.33 bits per heavy atom. The molecule has 2 aromatic rings. The third kappa shape index (κ3) is 2.35. The van der Waals surface area contributed by atoms with Gasteiger partial charge in [-0.05, 0) is 28.8 Å². The Morgan fingerprint density at radius 1 is 1.10 bits per heavy atom. The second-order valence-corrected chi connectivity index (χ2v) is 7.98. The van der Waals surface area contributed by atoms with Crippen LogP contribution in [0, 0.1) is 5.92 Å². The van der Waals surface area contributed by atoms with Gasteiger partial charge in [-0.3, -0.25) is 0 Å². The number of sulfonamides is 1. The molecule has 3 rings (SSSR count). The van der Waals surface area contributed by atoms with Crippen molar-refractivity contribution in [3.05, 3.63) is 42.5 Å². The summed E-state index contributed by atoms with van der Waals surface area (Å²) in [5, 5.41) is 12.1. The van der Waals surface area contributed by atoms with Gasteiger partial charge in [0.05, 0.1) is 10.5 Å². The molecule has 1 aliphatic rings. The van der Waals surface area contributed by atoms with Crippen molar-refractivity contribution in [2.45, 2.75) is 24.3 Å². The highest BCUT2D eigenvalue weighted by Gasteiger charge is 2.49. The van der Waals surface area contributed by atoms with Crippen LogP contribution >= 0.6 is 0 Å². The second kappa shape index (κ2) is 4.80. The second-order valence-electron chi connectivity index (χ2n) is 6.04. The lowest BCUT2D eigenvalue weighted by atomic mass is 9.85. The standard InChI is InChI=1S/C16H19NO3S/c1-12(2)16(18)10-17(11-16)21(19,20)15-8-7-13-5-3-4-6-14(13)9-15/h3-9,12,18H,10-11H2,1-2H3. The van der Waals surface area contributed by atoms with Gasteiger partial charge in [0.15, 0.2) is 0 Å². The van der Waals surface area contributed by atoms with Crippen LogP contribution in [0.25, 0.3) is 10.8 Å². The summed E-state index contributed by atoms with van der Waals surface area (Å²) in [5.74, 6) is 0.0422. The molecule has 0 amide bonds. The SMILES string of the molecule is CC(C)C1(O)CN(S(=O)(=O)c2ccc3ccccc3c2)C1. The molecule has 1 N–H and O–H groups in total. The van der Waals surface area contributed by atoms with Crippen molar-refractivity contribution in [3.63, 3.8) is 0 Å². The van der Waals surface area contributed by atoms with Crippen LogP contribution in [-0.2, 0) is 10.0 Å². The highest BCUT2D eigenvalue weighted by Crippen LogP contribution is 2.33. The first-order valence-corrected chi connectivity index (χ1v) is 8.48. The molecule has 0 saturated carbocycles. The van der Waals surface area contributed by atoms with Crippen LogP contribution in [0.2, 0.25) is 0 Å². The van der Waals surface area contributed by atoms with Crippen molar-refractivity contribution < 1.29 is 13.5 Å². The van der Waals surface area contributed by atoms with Gasteiger partial charge in [-0.2, -0.15) is 4.31 Å². The van der Waals surface area contributed by atoms with E-state index in [9.17, 15) is 13.5 Å². The molecule has 1 fully saturated rings. The molecule has 1 saturated heterocycles. The van der Waals surface area contributed by atoms with Crippen molar-refractivity contribution in [3.8, 4) is 0 Å². The fraction of sp³-hybridized carbons (Fsp3) is 0.375. The maximum Gasteiger partial charge on any atom is 0.243 e. The maximum absolute atomic E-state index is 12.6. The van der Waals surface area contributed by atoms with Crippen LogP contribution in [0.15, 0.2) is 47.4 Å². The molecular formula is C16H19NO3S. The van der Waals surface area contributed by atoms with E-state index >= 15 is 0 Å². The van der Waals surface area contributed by atoms with Crippen LogP contribution in [0.3, 0.4) is 0 Å². The van der Waals surface area contributed by atoms with E-state index in [-0.39, 0.29) is 23.9 Å². The highest BCUT2D eigenvalue weighted by molar-refractivity contribution is 7.89. The van der Waals surface area contributed by atoms with Crippen LogP contribution in [0.4, 0.5) is 0 Å². The number of β-amino-alcohol motifs (C(OH)–C–C–N with tert-alkyl or cyclic N) is 1. The van der Waals surface area contributed by atoms with E-state index in [0.29, 0.717) is 0 Å². The summed E-state index contributed by atoms with van der Waals surface area (Å²) in [4.78, 5) is 0.284. The van der Waals surface area contributed by atoms with Gasteiger partial charge >= 0.3 is 0 Å². The Morgan fingerprint density at radius 2 is 1.71 bits per heavy atom. The molecule has 2 aromatic carbocycles. The minimum atomic E-state index is -3.52. The zero-order valence-electron chi connectivity index (χ0n) is 12.2. The highest BCUT2D eigenvalue weighted by atomic mass is 32.2. The first-order chi connectivity index (χ1) is 9.83. The van der Waals surface area contributed by atoms with Crippen molar-refractivity contribution >= 4 is 20.8 Å². The summed E-state index contributed by atoms with van der Waals surface area (Å²) in [5.41, 5.74) is -0.899. The average Bonchev–Trinajstić information content (AvgIpc) is 2.43. The summed E-state index contributed by atoms with van der Waals surface area (Å²) >= 11 is 0. The molecule has 0 bridgehead atoms. The fourth-order valence-corrected chi connectivity index (χ4v) is 4.18. The van der Waals surface area contributed by atoms with E-state index in [1.54, 1.807) is 12.1 Å². The van der Waals surface area contributed by atoms with Crippen LogP contribution in [0.1, 0.15) is 13.8 Å². The number of aliphatic hydroxyl groups is 1. The molecule has 1 aliphatic heterocycles. The predicted octanol–water partition coefficient (Wildman–Crippen LogP) is 2.23. The van der Waals surface area contributed by atoms with Gasteiger partial charge in [0.2, 0.25) is 10.0 Å². The van der Waals surface area contributed by atoms with Gasteiger partial charge in [0.1, 0.15) is 0 Å². The number of fused-ring (bicyclic) bond motifs is 1. The molecule has 0 unspecified atom stereocenters. The first kappa shape index (κ1) is 14.5. The molecule has 0 aliphatic carbocycles. The van der Waals surface area contributed by atoms with Crippen molar-refractivity contribution in [1.82, 2.24) is 4.31 Å². The Kier molecular flexibility index (Phi) is 3.31. The Balaban J connectivity index is 1.91. The normalized spacial score (nSPS) is 18.9. The number of hydrogen-bond acceptors (Lipinski definition) is 3. The number of nitrogens with zero attached hydrogens (tertiary/aromatic N) is 1. The summed E-state index contributed by atoms with van der Waals surface area (Å²) < 4.78 is 26.5. The quantitative estimate of drug-likeness (QED) is 0.946. The largest absolute Gasteiger partial charge is 0.387 e. The minimum Gasteiger partial charge on any atom is -0.387 e. The van der Waals surface area contributed by atoms with Crippen LogP contribution in [0.5, 0.6) is 0 Å². The van der Waals surface area contributed by atoms with Crippen molar-refractivity contribution in [2.24, 2.45) is 5.92 Å². The van der Waals surface area contributed by atoms with Crippen molar-refractivity contribution in [1.29, 1.82) is 0 Å². The van der Waals surface area contributed by atoms with E-state index in [0.717, 1.165) is 10.8 Å². The van der Waals surface area contributed by atoms with Gasteiger partial charge < -0.3 is 5.11 Å². The van der Waals surface area contributed by atoms with E-state index in [1.807, 2.05) is 44.2 Å². The Bertz CT molecular complexity index is 777. The first-order valence-electron chi connectivity index (χ1n) is 7.04. The fourth-order valence-electron chi connectivity index (χ4n) is 2.58. The van der Waals surface area contributed by atoms with Crippen LogP contribution in [-0.4, -0.2) is 36.5 Å². The lowest BCUT2D eigenvalue weighted by Crippen LogP contribution is -2.65. The third-order valence-corrected chi connectivity index (χ3v) is 6.12. The molecule has 21 heavy (non-hydrogen) atoms. The Labute approximate surface area is 125 Å². The van der Waals surface area contributed by atoms with E-state index in [2.05, 4.69) is 0 Å². The maximum atomic E-state index is 12.6. The molecule has 112 valence electrons. The molecular weight excluding hydrogens is 286 g/mol. The monoisotopic (exact) mass is 305 g/mol. The Hall–Kier alpha value is -1.43. The summed E-state index contributed by atoms with van der Waals surface area (Å²) in [6.45, 7) is 4.14. The topological polar surface area (TPSA) is 57.6 Å². The molecule has 0 aromatic heterocycles. The predicted molar refractivity (Wildman–Crippen MR) is 82.5 cm³/mol. The van der Waals surface area contributed by atoms with Gasteiger partial charge in [-0.1, -0.05) is 44.2 Å². The molecule has 4 nitrogen and oxygen atoms in total. The zero-order chi connectivity index (χ0) is 15.3. The van der Waals surface area contributed by atoms with E-state index < -0.39 is 15.6 Å². The van der Waals surface area contributed by atoms with E-state index in [4.69, 9.17) is 0 Å². The molecule has 0 atom stereocenters. The number of benzene rings is 2. The van der Waals surface area contributed by atoms with Gasteiger partial charge in [0, 0.05) is 13.1 Å². The zero-order valence-corrected chi connectivity index (χ0v) is 13.0.